The Bertz CT molecular complexity index is 292. The van der Waals surface area contributed by atoms with Gasteiger partial charge in [0.1, 0.15) is 5.75 Å². The quantitative estimate of drug-likeness (QED) is 0.602. The Kier molecular flexibility index (Phi) is 1.68. The smallest absolute Gasteiger partial charge is 0.335 e. The highest BCUT2D eigenvalue weighted by Gasteiger charge is 2.02. The molecule has 0 unspecified atom stereocenters. The predicted molar refractivity (Wildman–Crippen MR) is 34.5 cm³/mol. The Morgan fingerprint density at radius 1 is 1.45 bits per heavy atom. The van der Waals surface area contributed by atoms with Crippen molar-refractivity contribution in [2.45, 2.75) is 0 Å². The van der Waals surface area contributed by atoms with Crippen LogP contribution in [0.3, 0.4) is 0 Å². The molecule has 0 atom stereocenters. The fourth-order valence-corrected chi connectivity index (χ4v) is 0.650. The maximum Gasteiger partial charge on any atom is 0.335 e. The second-order valence-corrected chi connectivity index (χ2v) is 1.99. The summed E-state index contributed by atoms with van der Waals surface area (Å²) in [6.07, 6.45) is 0. The maximum atomic E-state index is 10.6. The van der Waals surface area contributed by atoms with Crippen molar-refractivity contribution in [1.82, 2.24) is 0 Å². The lowest BCUT2D eigenvalue weighted by Crippen LogP contribution is -1.97. The van der Waals surface area contributed by atoms with Gasteiger partial charge in [-0.15, -0.1) is 0 Å². The first-order chi connectivity index (χ1) is 5.11. The van der Waals surface area contributed by atoms with Gasteiger partial charge in [0.05, 0.1) is 5.56 Å². The molecule has 0 aromatic heterocycles. The van der Waals surface area contributed by atoms with Crippen LogP contribution in [0.2, 0.25) is 0 Å². The van der Waals surface area contributed by atoms with Gasteiger partial charge in [-0.25, -0.2) is 4.79 Å². The minimum atomic E-state index is -1.17. The van der Waals surface area contributed by atoms with Crippen molar-refractivity contribution >= 4 is 5.97 Å². The maximum absolute atomic E-state index is 10.6. The number of aromatic hydroxyl groups is 1. The van der Waals surface area contributed by atoms with Crippen LogP contribution in [-0.4, -0.2) is 16.2 Å². The fourth-order valence-electron chi connectivity index (χ4n) is 0.650. The van der Waals surface area contributed by atoms with Gasteiger partial charge in [0.2, 0.25) is 0 Å². The van der Waals surface area contributed by atoms with Gasteiger partial charge in [-0.05, 0) is 12.1 Å². The van der Waals surface area contributed by atoms with Crippen LogP contribution < -0.4 is 5.11 Å². The monoisotopic (exact) mass is 153 g/mol. The summed E-state index contributed by atoms with van der Waals surface area (Å²) in [6.45, 7) is 0. The van der Waals surface area contributed by atoms with Gasteiger partial charge >= 0.3 is 5.97 Å². The Morgan fingerprint density at radius 3 is 2.55 bits per heavy atom. The highest BCUT2D eigenvalue weighted by Crippen LogP contribution is 2.21. The van der Waals surface area contributed by atoms with Gasteiger partial charge in [0.15, 0.2) is 0 Å². The number of benzene rings is 1. The average Bonchev–Trinajstić information content (AvgIpc) is 1.94. The first kappa shape index (κ1) is 7.40. The van der Waals surface area contributed by atoms with Gasteiger partial charge in [0.25, 0.3) is 0 Å². The molecule has 0 fully saturated rings. The van der Waals surface area contributed by atoms with Gasteiger partial charge in [-0.1, -0.05) is 11.8 Å². The summed E-state index contributed by atoms with van der Waals surface area (Å²) >= 11 is 0. The molecule has 0 saturated carbocycles. The van der Waals surface area contributed by atoms with Crippen molar-refractivity contribution in [2.24, 2.45) is 0 Å². The van der Waals surface area contributed by atoms with E-state index in [1.54, 1.807) is 0 Å². The van der Waals surface area contributed by atoms with Crippen LogP contribution in [0.15, 0.2) is 18.2 Å². The molecule has 1 aromatic rings. The molecule has 0 amide bonds. The molecule has 11 heavy (non-hydrogen) atoms. The molecule has 58 valence electrons. The zero-order valence-corrected chi connectivity index (χ0v) is 5.44. The van der Waals surface area contributed by atoms with Crippen molar-refractivity contribution in [2.75, 3.05) is 0 Å². The van der Waals surface area contributed by atoms with E-state index in [1.165, 1.54) is 0 Å². The molecule has 0 aliphatic carbocycles. The third-order valence-corrected chi connectivity index (χ3v) is 1.21. The average molecular weight is 153 g/mol. The highest BCUT2D eigenvalue weighted by molar-refractivity contribution is 5.88. The zero-order chi connectivity index (χ0) is 8.43. The highest BCUT2D eigenvalue weighted by atomic mass is 16.4. The largest absolute Gasteiger partial charge is 0.870 e. The molecule has 1 aromatic carbocycles. The second-order valence-electron chi connectivity index (χ2n) is 1.99. The minimum Gasteiger partial charge on any atom is -0.870 e. The minimum absolute atomic E-state index is 0.0953. The summed E-state index contributed by atoms with van der Waals surface area (Å²) in [5.41, 5.74) is -0.0953. The lowest BCUT2D eigenvalue weighted by atomic mass is 10.2. The molecule has 0 aliphatic rings. The normalized spacial score (nSPS) is 9.45. The predicted octanol–water partition coefficient (Wildman–Crippen LogP) is 0.164. The molecule has 0 radical (unpaired) electrons. The number of rotatable bonds is 1. The van der Waals surface area contributed by atoms with Gasteiger partial charge < -0.3 is 15.3 Å². The number of phenols is 1. The molecule has 2 N–H and O–H groups in total. The number of carboxylic acid groups (broad SMARTS) is 1. The molecular weight excluding hydrogens is 148 g/mol. The summed E-state index contributed by atoms with van der Waals surface area (Å²) in [5, 5.41) is 27.7. The SMILES string of the molecule is O=C(O)c1ccc([O-])c(O)c1. The Labute approximate surface area is 62.3 Å². The molecule has 4 nitrogen and oxygen atoms in total. The molecule has 4 heteroatoms. The fraction of sp³-hybridized carbons (Fsp3) is 0. The molecule has 0 aliphatic heterocycles. The summed E-state index contributed by atoms with van der Waals surface area (Å²) in [6, 6.07) is 3.08. The van der Waals surface area contributed by atoms with Crippen molar-refractivity contribution in [3.63, 3.8) is 0 Å². The van der Waals surface area contributed by atoms with Crippen molar-refractivity contribution in [3.8, 4) is 11.5 Å². The number of carbonyl (C=O) groups is 1. The lowest BCUT2D eigenvalue weighted by molar-refractivity contribution is -0.270. The molecule has 0 heterocycles. The number of hydrogen-bond donors (Lipinski definition) is 2. The van der Waals surface area contributed by atoms with Crippen molar-refractivity contribution < 1.29 is 20.1 Å². The van der Waals surface area contributed by atoms with E-state index in [4.69, 9.17) is 10.2 Å². The number of hydrogen-bond acceptors (Lipinski definition) is 3. The Balaban J connectivity index is 3.15. The Hall–Kier alpha value is -1.71. The van der Waals surface area contributed by atoms with Gasteiger partial charge in [0, 0.05) is 0 Å². The van der Waals surface area contributed by atoms with Crippen LogP contribution in [0, 0.1) is 0 Å². The van der Waals surface area contributed by atoms with E-state index in [0.717, 1.165) is 18.2 Å². The zero-order valence-electron chi connectivity index (χ0n) is 5.44. The first-order valence-electron chi connectivity index (χ1n) is 2.84. The van der Waals surface area contributed by atoms with Crippen LogP contribution in [0.1, 0.15) is 10.4 Å². The Morgan fingerprint density at radius 2 is 2.09 bits per heavy atom. The van der Waals surface area contributed by atoms with Crippen LogP contribution in [0.25, 0.3) is 0 Å². The second kappa shape index (κ2) is 2.49. The first-order valence-corrected chi connectivity index (χ1v) is 2.84. The third-order valence-electron chi connectivity index (χ3n) is 1.21. The van der Waals surface area contributed by atoms with E-state index in [0.29, 0.717) is 0 Å². The topological polar surface area (TPSA) is 80.6 Å². The van der Waals surface area contributed by atoms with E-state index < -0.39 is 17.5 Å². The van der Waals surface area contributed by atoms with E-state index in [9.17, 15) is 9.90 Å². The summed E-state index contributed by atoms with van der Waals surface area (Å²) in [5.74, 6) is -2.28. The van der Waals surface area contributed by atoms with Crippen molar-refractivity contribution in [3.05, 3.63) is 23.8 Å². The molecular formula is C7H5O4-. The van der Waals surface area contributed by atoms with Crippen molar-refractivity contribution in [1.29, 1.82) is 0 Å². The van der Waals surface area contributed by atoms with E-state index in [1.807, 2.05) is 0 Å². The third kappa shape index (κ3) is 1.40. The number of phenolic OH excluding ortho intramolecular Hbond substituents is 1. The molecule has 1 rings (SSSR count). The number of carboxylic acids is 1. The molecule has 0 bridgehead atoms. The van der Waals surface area contributed by atoms with E-state index >= 15 is 0 Å². The summed E-state index contributed by atoms with van der Waals surface area (Å²) < 4.78 is 0. The van der Waals surface area contributed by atoms with Crippen LogP contribution >= 0.6 is 0 Å². The summed E-state index contributed by atoms with van der Waals surface area (Å²) in [4.78, 5) is 10.3. The van der Waals surface area contributed by atoms with Gasteiger partial charge in [-0.3, -0.25) is 0 Å². The van der Waals surface area contributed by atoms with E-state index in [-0.39, 0.29) is 5.56 Å². The standard InChI is InChI=1S/C7H6O4/c8-5-2-1-4(7(10)11)3-6(5)9/h1-3,8-9H,(H,10,11)/p-1. The van der Waals surface area contributed by atoms with Gasteiger partial charge in [-0.2, -0.15) is 0 Å². The number of aromatic carboxylic acids is 1. The summed E-state index contributed by atoms with van der Waals surface area (Å²) in [7, 11) is 0. The van der Waals surface area contributed by atoms with Crippen LogP contribution in [0.4, 0.5) is 0 Å². The molecule has 0 spiro atoms. The van der Waals surface area contributed by atoms with Crippen LogP contribution in [-0.2, 0) is 0 Å². The van der Waals surface area contributed by atoms with E-state index in [2.05, 4.69) is 0 Å². The lowest BCUT2D eigenvalue weighted by Gasteiger charge is -2.07. The van der Waals surface area contributed by atoms with Crippen LogP contribution in [0.5, 0.6) is 11.5 Å². The molecule has 0 saturated heterocycles.